The van der Waals surface area contributed by atoms with E-state index in [1.807, 2.05) is 4.72 Å². The van der Waals surface area contributed by atoms with Crippen LogP contribution < -0.4 is 9.46 Å². The molecule has 1 aromatic carbocycles. The fourth-order valence-corrected chi connectivity index (χ4v) is 4.67. The molecule has 0 spiro atoms. The van der Waals surface area contributed by atoms with Gasteiger partial charge in [0.2, 0.25) is 0 Å². The first-order valence-corrected chi connectivity index (χ1v) is 10.4. The maximum atomic E-state index is 13.2. The van der Waals surface area contributed by atoms with Crippen LogP contribution in [0.5, 0.6) is 5.75 Å². The van der Waals surface area contributed by atoms with E-state index in [2.05, 4.69) is 4.98 Å². The minimum absolute atomic E-state index is 0.0472. The first-order chi connectivity index (χ1) is 13.5. The third-order valence-corrected chi connectivity index (χ3v) is 6.49. The predicted octanol–water partition coefficient (Wildman–Crippen LogP) is 3.57. The van der Waals surface area contributed by atoms with Gasteiger partial charge in [0.25, 0.3) is 15.9 Å². The van der Waals surface area contributed by atoms with Gasteiger partial charge in [-0.1, -0.05) is 24.1 Å². The number of carbonyl (C=O) groups excluding carboxylic acids is 1. The number of hydrogen-bond acceptors (Lipinski definition) is 5. The number of halogens is 4. The van der Waals surface area contributed by atoms with Crippen molar-refractivity contribution in [2.75, 3.05) is 7.11 Å². The van der Waals surface area contributed by atoms with Gasteiger partial charge in [-0.25, -0.2) is 18.1 Å². The Morgan fingerprint density at radius 3 is 2.72 bits per heavy atom. The second-order valence-corrected chi connectivity index (χ2v) is 8.59. The first kappa shape index (κ1) is 21.4. The number of sulfonamides is 1. The fraction of sp³-hybridized carbons (Fsp3) is 0.412. The number of nitrogens with one attached hydrogen (secondary N) is 1. The van der Waals surface area contributed by atoms with Crippen LogP contribution in [-0.2, 0) is 10.0 Å². The lowest BCUT2D eigenvalue weighted by Gasteiger charge is -2.24. The summed E-state index contributed by atoms with van der Waals surface area (Å²) in [6, 6.07) is 4.42. The highest BCUT2D eigenvalue weighted by molar-refractivity contribution is 7.90. The molecular formula is C17H17ClF3N3O4S. The largest absolute Gasteiger partial charge is 0.497 e. The SMILES string of the molecule is COc1cccc(S(=O)(=O)NC(=O)c2ncn(C3CCCC3C(F)(F)F)c2Cl)c1. The van der Waals surface area contributed by atoms with Crippen LogP contribution in [0.2, 0.25) is 5.15 Å². The summed E-state index contributed by atoms with van der Waals surface area (Å²) in [5.74, 6) is -2.48. The summed E-state index contributed by atoms with van der Waals surface area (Å²) in [5, 5.41) is -0.343. The minimum Gasteiger partial charge on any atom is -0.497 e. The van der Waals surface area contributed by atoms with E-state index in [1.54, 1.807) is 0 Å². The number of aromatic nitrogens is 2. The number of amides is 1. The zero-order valence-electron chi connectivity index (χ0n) is 15.1. The Balaban J connectivity index is 1.84. The zero-order valence-corrected chi connectivity index (χ0v) is 16.7. The van der Waals surface area contributed by atoms with Crippen LogP contribution in [0.1, 0.15) is 35.8 Å². The Hall–Kier alpha value is -2.27. The molecule has 1 heterocycles. The lowest BCUT2D eigenvalue weighted by molar-refractivity contribution is -0.181. The highest BCUT2D eigenvalue weighted by Crippen LogP contribution is 2.46. The number of benzene rings is 1. The molecule has 2 aromatic rings. The van der Waals surface area contributed by atoms with Crippen LogP contribution >= 0.6 is 11.6 Å². The van der Waals surface area contributed by atoms with Gasteiger partial charge in [-0.05, 0) is 25.0 Å². The lowest BCUT2D eigenvalue weighted by Crippen LogP contribution is -2.31. The van der Waals surface area contributed by atoms with Crippen molar-refractivity contribution in [3.05, 3.63) is 41.4 Å². The summed E-state index contributed by atoms with van der Waals surface area (Å²) < 4.78 is 72.4. The van der Waals surface area contributed by atoms with Crippen molar-refractivity contribution in [2.24, 2.45) is 5.92 Å². The Morgan fingerprint density at radius 1 is 1.34 bits per heavy atom. The van der Waals surface area contributed by atoms with Crippen molar-refractivity contribution in [2.45, 2.75) is 36.4 Å². The summed E-state index contributed by atoms with van der Waals surface area (Å²) in [4.78, 5) is 15.9. The molecule has 0 aliphatic heterocycles. The Kier molecular flexibility index (Phi) is 5.81. The van der Waals surface area contributed by atoms with E-state index in [1.165, 1.54) is 31.4 Å². The molecule has 29 heavy (non-hydrogen) atoms. The number of hydrogen-bond donors (Lipinski definition) is 1. The number of carbonyl (C=O) groups is 1. The third kappa shape index (κ3) is 4.35. The molecule has 1 N–H and O–H groups in total. The molecule has 2 atom stereocenters. The van der Waals surface area contributed by atoms with Gasteiger partial charge in [-0.3, -0.25) is 4.79 Å². The molecular weight excluding hydrogens is 435 g/mol. The molecule has 0 saturated heterocycles. The standard InChI is InChI=1S/C17H17ClF3N3O4S/c1-28-10-4-2-5-11(8-10)29(26,27)23-16(25)14-15(18)24(9-22-14)13-7-3-6-12(13)17(19,20)21/h2,4-5,8-9,12-13H,3,6-7H2,1H3,(H,23,25). The van der Waals surface area contributed by atoms with Gasteiger partial charge in [0.05, 0.1) is 24.3 Å². The highest BCUT2D eigenvalue weighted by Gasteiger charge is 2.48. The topological polar surface area (TPSA) is 90.3 Å². The first-order valence-electron chi connectivity index (χ1n) is 8.55. The molecule has 7 nitrogen and oxygen atoms in total. The van der Waals surface area contributed by atoms with Crippen LogP contribution in [0.3, 0.4) is 0 Å². The molecule has 1 saturated carbocycles. The molecule has 1 aromatic heterocycles. The van der Waals surface area contributed by atoms with E-state index in [4.69, 9.17) is 16.3 Å². The molecule has 1 amide bonds. The van der Waals surface area contributed by atoms with Crippen LogP contribution in [0.4, 0.5) is 13.2 Å². The number of imidazole rings is 1. The quantitative estimate of drug-likeness (QED) is 0.750. The normalized spacial score (nSPS) is 19.9. The second-order valence-electron chi connectivity index (χ2n) is 6.55. The minimum atomic E-state index is -4.41. The smallest absolute Gasteiger partial charge is 0.393 e. The lowest BCUT2D eigenvalue weighted by atomic mass is 10.0. The number of nitrogens with zero attached hydrogens (tertiary/aromatic N) is 2. The summed E-state index contributed by atoms with van der Waals surface area (Å²) in [5.41, 5.74) is -0.467. The van der Waals surface area contributed by atoms with Crippen molar-refractivity contribution in [3.8, 4) is 5.75 Å². The van der Waals surface area contributed by atoms with Gasteiger partial charge < -0.3 is 9.30 Å². The number of methoxy groups -OCH3 is 1. The van der Waals surface area contributed by atoms with Crippen LogP contribution in [0.15, 0.2) is 35.5 Å². The van der Waals surface area contributed by atoms with Crippen LogP contribution in [0, 0.1) is 5.92 Å². The van der Waals surface area contributed by atoms with E-state index >= 15 is 0 Å². The molecule has 12 heteroatoms. The third-order valence-electron chi connectivity index (χ3n) is 4.78. The Labute approximate surface area is 169 Å². The molecule has 0 radical (unpaired) electrons. The van der Waals surface area contributed by atoms with Gasteiger partial charge >= 0.3 is 6.18 Å². The maximum absolute atomic E-state index is 13.2. The molecule has 3 rings (SSSR count). The maximum Gasteiger partial charge on any atom is 0.393 e. The van der Waals surface area contributed by atoms with Crippen LogP contribution in [0.25, 0.3) is 0 Å². The van der Waals surface area contributed by atoms with E-state index in [9.17, 15) is 26.4 Å². The van der Waals surface area contributed by atoms with Crippen molar-refractivity contribution >= 4 is 27.5 Å². The fourth-order valence-electron chi connectivity index (χ4n) is 3.38. The van der Waals surface area contributed by atoms with Crippen molar-refractivity contribution in [1.82, 2.24) is 14.3 Å². The summed E-state index contributed by atoms with van der Waals surface area (Å²) in [6.07, 6.45) is -2.84. The van der Waals surface area contributed by atoms with E-state index in [-0.39, 0.29) is 28.6 Å². The van der Waals surface area contributed by atoms with E-state index in [0.29, 0.717) is 6.42 Å². The molecule has 2 unspecified atom stereocenters. The average Bonchev–Trinajstić information content (AvgIpc) is 3.27. The summed E-state index contributed by atoms with van der Waals surface area (Å²) >= 11 is 6.09. The van der Waals surface area contributed by atoms with Gasteiger partial charge in [0.1, 0.15) is 10.9 Å². The molecule has 0 bridgehead atoms. The van der Waals surface area contributed by atoms with Crippen molar-refractivity contribution in [1.29, 1.82) is 0 Å². The van der Waals surface area contributed by atoms with E-state index < -0.39 is 39.8 Å². The molecule has 1 fully saturated rings. The molecule has 1 aliphatic carbocycles. The van der Waals surface area contributed by atoms with Gasteiger partial charge in [0.15, 0.2) is 5.69 Å². The highest BCUT2D eigenvalue weighted by atomic mass is 35.5. The number of rotatable bonds is 5. The van der Waals surface area contributed by atoms with Crippen LogP contribution in [-0.4, -0.2) is 37.2 Å². The average molecular weight is 452 g/mol. The molecule has 158 valence electrons. The van der Waals surface area contributed by atoms with Gasteiger partial charge in [0, 0.05) is 12.1 Å². The van der Waals surface area contributed by atoms with Gasteiger partial charge in [-0.2, -0.15) is 13.2 Å². The zero-order chi connectivity index (χ0) is 21.4. The molecule has 1 aliphatic rings. The summed E-state index contributed by atoms with van der Waals surface area (Å²) in [6.45, 7) is 0. The Bertz CT molecular complexity index is 1020. The monoisotopic (exact) mass is 451 g/mol. The van der Waals surface area contributed by atoms with E-state index in [0.717, 1.165) is 10.9 Å². The van der Waals surface area contributed by atoms with Gasteiger partial charge in [-0.15, -0.1) is 0 Å². The summed E-state index contributed by atoms with van der Waals surface area (Å²) in [7, 11) is -2.91. The Morgan fingerprint density at radius 2 is 2.07 bits per heavy atom. The van der Waals surface area contributed by atoms with Crippen molar-refractivity contribution < 1.29 is 31.1 Å². The second kappa shape index (κ2) is 7.86. The number of alkyl halides is 3. The predicted molar refractivity (Wildman–Crippen MR) is 97.3 cm³/mol. The van der Waals surface area contributed by atoms with Crippen molar-refractivity contribution in [3.63, 3.8) is 0 Å². The number of ether oxygens (including phenoxy) is 1.